The monoisotopic (exact) mass is 536 g/mol. The molecule has 5 heterocycles. The summed E-state index contributed by atoms with van der Waals surface area (Å²) in [7, 11) is 0. The SMILES string of the molecule is C[C@]1(O)[C@@H](NC(=O)c2cccc3c2OCC3)CN2C(=N)NC(CNC(=O)c3cnccn3)C3NC(=N)N(O)C321. The van der Waals surface area contributed by atoms with Crippen molar-refractivity contribution >= 4 is 23.7 Å². The molecule has 204 valence electrons. The van der Waals surface area contributed by atoms with Crippen LogP contribution in [0, 0.1) is 10.8 Å². The Kier molecular flexibility index (Phi) is 5.58. The number of benzene rings is 1. The Morgan fingerprint density at radius 1 is 1.23 bits per heavy atom. The lowest BCUT2D eigenvalue weighted by Gasteiger charge is -2.53. The Labute approximate surface area is 222 Å². The molecule has 15 nitrogen and oxygen atoms in total. The number of ether oxygens (including phenoxy) is 1. The predicted molar refractivity (Wildman–Crippen MR) is 134 cm³/mol. The first-order valence-electron chi connectivity index (χ1n) is 12.4. The van der Waals surface area contributed by atoms with Crippen LogP contribution in [0.5, 0.6) is 5.75 Å². The van der Waals surface area contributed by atoms with Crippen LogP contribution in [-0.2, 0) is 6.42 Å². The second-order valence-electron chi connectivity index (χ2n) is 10.1. The summed E-state index contributed by atoms with van der Waals surface area (Å²) in [6, 6.07) is 2.73. The van der Waals surface area contributed by atoms with Crippen LogP contribution in [0.2, 0.25) is 0 Å². The predicted octanol–water partition coefficient (Wildman–Crippen LogP) is -1.79. The lowest BCUT2D eigenvalue weighted by atomic mass is 9.78. The Bertz CT molecular complexity index is 1370. The number of para-hydroxylation sites is 1. The highest BCUT2D eigenvalue weighted by molar-refractivity contribution is 5.98. The van der Waals surface area contributed by atoms with Gasteiger partial charge in [-0.3, -0.25) is 30.6 Å². The van der Waals surface area contributed by atoms with E-state index in [9.17, 15) is 19.9 Å². The maximum absolute atomic E-state index is 13.4. The molecule has 3 unspecified atom stereocenters. The number of hydrogen-bond donors (Lipinski definition) is 8. The minimum absolute atomic E-state index is 0.0350. The van der Waals surface area contributed by atoms with Crippen LogP contribution in [0.4, 0.5) is 0 Å². The number of fused-ring (bicyclic) bond motifs is 1. The standard InChI is InChI=1S/C24H28N10O5/c1-23(37)16(31-19(35)13-4-2-3-12-5-8-39-17(12)13)11-33-21(25)30-14(18-24(23,33)34(38)22(26)32-18)10-29-20(36)15-9-27-6-7-28-15/h2-4,6-7,9,14,16,18,37-38H,5,8,10-11H2,1H3,(H2,25,30)(H2,26,32)(H,29,36)(H,31,35)/t14?,16-,18?,23-,24?/m0/s1. The molecule has 0 saturated carbocycles. The van der Waals surface area contributed by atoms with Gasteiger partial charge in [-0.2, -0.15) is 5.06 Å². The van der Waals surface area contributed by atoms with Crippen molar-refractivity contribution in [2.75, 3.05) is 19.7 Å². The third-order valence-corrected chi connectivity index (χ3v) is 8.00. The molecule has 3 saturated heterocycles. The van der Waals surface area contributed by atoms with Gasteiger partial charge in [0.15, 0.2) is 11.6 Å². The molecular formula is C24H28N10O5. The molecule has 5 atom stereocenters. The van der Waals surface area contributed by atoms with Gasteiger partial charge in [0, 0.05) is 31.9 Å². The summed E-state index contributed by atoms with van der Waals surface area (Å²) in [5, 5.41) is 52.3. The molecule has 0 bridgehead atoms. The summed E-state index contributed by atoms with van der Waals surface area (Å²) in [5.74, 6) is -1.01. The van der Waals surface area contributed by atoms with E-state index in [2.05, 4.69) is 31.2 Å². The Balaban J connectivity index is 1.29. The zero-order valence-electron chi connectivity index (χ0n) is 20.9. The fourth-order valence-corrected chi connectivity index (χ4v) is 6.13. The van der Waals surface area contributed by atoms with Crippen molar-refractivity contribution in [3.05, 3.63) is 53.6 Å². The average molecular weight is 537 g/mol. The highest BCUT2D eigenvalue weighted by Crippen LogP contribution is 2.48. The molecule has 1 aromatic heterocycles. The maximum Gasteiger partial charge on any atom is 0.271 e. The zero-order valence-corrected chi connectivity index (χ0v) is 20.9. The molecule has 39 heavy (non-hydrogen) atoms. The summed E-state index contributed by atoms with van der Waals surface area (Å²) < 4.78 is 5.66. The highest BCUT2D eigenvalue weighted by atomic mass is 16.5. The van der Waals surface area contributed by atoms with Crippen LogP contribution in [0.25, 0.3) is 0 Å². The molecule has 1 aromatic carbocycles. The molecule has 2 amide bonds. The summed E-state index contributed by atoms with van der Waals surface area (Å²) in [4.78, 5) is 35.2. The third kappa shape index (κ3) is 3.50. The van der Waals surface area contributed by atoms with Gasteiger partial charge in [0.2, 0.25) is 5.96 Å². The number of rotatable bonds is 5. The topological polar surface area (TPSA) is 212 Å². The number of hydroxylamine groups is 2. The molecule has 2 aromatic rings. The molecular weight excluding hydrogens is 508 g/mol. The molecule has 4 aliphatic heterocycles. The number of nitrogens with zero attached hydrogens (tertiary/aromatic N) is 4. The van der Waals surface area contributed by atoms with E-state index in [1.165, 1.54) is 30.4 Å². The number of aromatic nitrogens is 2. The zero-order chi connectivity index (χ0) is 27.5. The van der Waals surface area contributed by atoms with Gasteiger partial charge in [-0.15, -0.1) is 0 Å². The summed E-state index contributed by atoms with van der Waals surface area (Å²) in [6.07, 6.45) is 4.84. The minimum Gasteiger partial charge on any atom is -0.492 e. The van der Waals surface area contributed by atoms with E-state index in [-0.39, 0.29) is 24.7 Å². The molecule has 8 N–H and O–H groups in total. The van der Waals surface area contributed by atoms with Gasteiger partial charge in [0.05, 0.1) is 36.5 Å². The summed E-state index contributed by atoms with van der Waals surface area (Å²) in [5.41, 5.74) is -2.28. The van der Waals surface area contributed by atoms with E-state index < -0.39 is 47.2 Å². The van der Waals surface area contributed by atoms with Crippen LogP contribution in [-0.4, -0.2) is 103 Å². The first kappa shape index (κ1) is 24.8. The number of nitrogens with one attached hydrogen (secondary N) is 6. The van der Waals surface area contributed by atoms with Crippen molar-refractivity contribution in [3.8, 4) is 5.75 Å². The van der Waals surface area contributed by atoms with Gasteiger partial charge in [0.25, 0.3) is 11.8 Å². The molecule has 0 aliphatic carbocycles. The van der Waals surface area contributed by atoms with Crippen molar-refractivity contribution in [3.63, 3.8) is 0 Å². The summed E-state index contributed by atoms with van der Waals surface area (Å²) >= 11 is 0. The number of carbonyl (C=O) groups excluding carboxylic acids is 2. The highest BCUT2D eigenvalue weighted by Gasteiger charge is 2.75. The molecule has 15 heteroatoms. The number of guanidine groups is 2. The van der Waals surface area contributed by atoms with Crippen LogP contribution in [0.3, 0.4) is 0 Å². The van der Waals surface area contributed by atoms with Gasteiger partial charge >= 0.3 is 0 Å². The average Bonchev–Trinajstić information content (AvgIpc) is 3.58. The molecule has 3 fully saturated rings. The van der Waals surface area contributed by atoms with Gasteiger partial charge < -0.3 is 36.0 Å². The third-order valence-electron chi connectivity index (χ3n) is 8.00. The van der Waals surface area contributed by atoms with Gasteiger partial charge in [0.1, 0.15) is 17.0 Å². The van der Waals surface area contributed by atoms with Crippen molar-refractivity contribution in [1.29, 1.82) is 10.8 Å². The minimum atomic E-state index is -1.88. The lowest BCUT2D eigenvalue weighted by Crippen LogP contribution is -2.81. The van der Waals surface area contributed by atoms with Gasteiger partial charge in [-0.1, -0.05) is 12.1 Å². The van der Waals surface area contributed by atoms with E-state index in [0.29, 0.717) is 29.4 Å². The molecule has 6 rings (SSSR count). The molecule has 1 spiro atoms. The van der Waals surface area contributed by atoms with Crippen molar-refractivity contribution in [1.82, 2.24) is 41.2 Å². The Morgan fingerprint density at radius 3 is 2.82 bits per heavy atom. The van der Waals surface area contributed by atoms with Crippen LogP contribution < -0.4 is 26.0 Å². The number of hydrogen-bond acceptors (Lipinski definition) is 9. The molecule has 4 aliphatic rings. The van der Waals surface area contributed by atoms with Crippen LogP contribution >= 0.6 is 0 Å². The largest absolute Gasteiger partial charge is 0.492 e. The fourth-order valence-electron chi connectivity index (χ4n) is 6.13. The second kappa shape index (κ2) is 8.78. The lowest BCUT2D eigenvalue weighted by molar-refractivity contribution is -0.218. The first-order valence-corrected chi connectivity index (χ1v) is 12.4. The smallest absolute Gasteiger partial charge is 0.271 e. The fraction of sp³-hybridized carbons (Fsp3) is 0.417. The van der Waals surface area contributed by atoms with E-state index in [4.69, 9.17) is 15.6 Å². The second-order valence-corrected chi connectivity index (χ2v) is 10.1. The van der Waals surface area contributed by atoms with E-state index in [1.807, 2.05) is 6.07 Å². The Hall–Kier alpha value is -4.50. The number of carbonyl (C=O) groups is 2. The quantitative estimate of drug-likeness (QED) is 0.214. The Morgan fingerprint density at radius 2 is 2.05 bits per heavy atom. The normalized spacial score (nSPS) is 30.5. The van der Waals surface area contributed by atoms with Gasteiger partial charge in [-0.05, 0) is 18.6 Å². The van der Waals surface area contributed by atoms with E-state index >= 15 is 0 Å². The van der Waals surface area contributed by atoms with Crippen molar-refractivity contribution in [2.45, 2.75) is 42.7 Å². The maximum atomic E-state index is 13.4. The van der Waals surface area contributed by atoms with E-state index in [1.54, 1.807) is 12.1 Å². The summed E-state index contributed by atoms with van der Waals surface area (Å²) in [6.45, 7) is 1.85. The number of amides is 2. The van der Waals surface area contributed by atoms with Crippen molar-refractivity contribution in [2.24, 2.45) is 0 Å². The van der Waals surface area contributed by atoms with Crippen LogP contribution in [0.1, 0.15) is 33.3 Å². The first-order chi connectivity index (χ1) is 18.7. The number of aliphatic hydroxyl groups is 1. The van der Waals surface area contributed by atoms with Crippen LogP contribution in [0.15, 0.2) is 36.8 Å². The van der Waals surface area contributed by atoms with Gasteiger partial charge in [-0.25, -0.2) is 4.98 Å². The van der Waals surface area contributed by atoms with E-state index in [0.717, 1.165) is 5.56 Å². The van der Waals surface area contributed by atoms with Crippen molar-refractivity contribution < 1.29 is 24.6 Å². The molecule has 0 radical (unpaired) electrons.